The van der Waals surface area contributed by atoms with Gasteiger partial charge < -0.3 is 19.3 Å². The van der Waals surface area contributed by atoms with Crippen LogP contribution in [0, 0.1) is 0 Å². The van der Waals surface area contributed by atoms with Crippen molar-refractivity contribution in [2.45, 2.75) is 51.0 Å². The molecule has 2 aliphatic rings. The minimum Gasteiger partial charge on any atom is -0.504 e. The number of carbonyl (C=O) groups is 1. The van der Waals surface area contributed by atoms with E-state index in [0.29, 0.717) is 12.2 Å². The molecule has 0 atom stereocenters. The third-order valence-corrected chi connectivity index (χ3v) is 5.89. The van der Waals surface area contributed by atoms with E-state index in [1.54, 1.807) is 6.07 Å². The second kappa shape index (κ2) is 8.05. The highest BCUT2D eigenvalue weighted by Gasteiger charge is 2.48. The molecule has 0 aromatic heterocycles. The number of ether oxygens (including phenoxy) is 3. The van der Waals surface area contributed by atoms with Crippen molar-refractivity contribution in [3.8, 4) is 28.4 Å². The highest BCUT2D eigenvalue weighted by Crippen LogP contribution is 2.49. The number of esters is 1. The van der Waals surface area contributed by atoms with Crippen LogP contribution in [0.1, 0.15) is 50.2 Å². The molecule has 1 N–H and O–H groups in total. The zero-order chi connectivity index (χ0) is 21.3. The first-order valence-corrected chi connectivity index (χ1v) is 10.5. The number of allylic oxidation sites excluding steroid dienone is 1. The average molecular weight is 408 g/mol. The predicted octanol–water partition coefficient (Wildman–Crippen LogP) is 5.28. The SMILES string of the molecule is C=C1CCc2c1cccc2-c1ccc(O)c(OC)c1OCC1(OC(=O)CCC)CC1. The molecule has 0 heterocycles. The van der Waals surface area contributed by atoms with E-state index in [-0.39, 0.29) is 24.1 Å². The Morgan fingerprint density at radius 2 is 1.87 bits per heavy atom. The lowest BCUT2D eigenvalue weighted by atomic mass is 9.95. The van der Waals surface area contributed by atoms with Gasteiger partial charge in [-0.2, -0.15) is 0 Å². The summed E-state index contributed by atoms with van der Waals surface area (Å²) in [5, 5.41) is 10.4. The fourth-order valence-electron chi connectivity index (χ4n) is 4.07. The summed E-state index contributed by atoms with van der Waals surface area (Å²) in [5.41, 5.74) is 4.87. The lowest BCUT2D eigenvalue weighted by molar-refractivity contribution is -0.153. The standard InChI is InChI=1S/C25H28O5/c1-4-6-22(27)30-25(13-14-25)15-29-23-20(11-12-21(26)24(23)28-3)18-8-5-7-17-16(2)9-10-19(17)18/h5,7-8,11-12,26H,2,4,6,9-10,13-15H2,1,3H3. The van der Waals surface area contributed by atoms with Crippen molar-refractivity contribution < 1.29 is 24.1 Å². The van der Waals surface area contributed by atoms with Gasteiger partial charge in [-0.05, 0) is 66.5 Å². The Labute approximate surface area is 177 Å². The van der Waals surface area contributed by atoms with Gasteiger partial charge in [0.05, 0.1) is 7.11 Å². The van der Waals surface area contributed by atoms with Crippen LogP contribution in [0.3, 0.4) is 0 Å². The van der Waals surface area contributed by atoms with Crippen LogP contribution in [0.4, 0.5) is 0 Å². The van der Waals surface area contributed by atoms with Crippen molar-refractivity contribution in [1.29, 1.82) is 0 Å². The maximum absolute atomic E-state index is 12.0. The molecule has 0 aliphatic heterocycles. The second-order valence-corrected chi connectivity index (χ2v) is 8.13. The Morgan fingerprint density at radius 1 is 1.10 bits per heavy atom. The van der Waals surface area contributed by atoms with Crippen molar-refractivity contribution in [3.05, 3.63) is 48.0 Å². The van der Waals surface area contributed by atoms with Crippen LogP contribution >= 0.6 is 0 Å². The summed E-state index contributed by atoms with van der Waals surface area (Å²) in [6.07, 6.45) is 4.58. The number of benzene rings is 2. The second-order valence-electron chi connectivity index (χ2n) is 8.13. The average Bonchev–Trinajstić information content (AvgIpc) is 3.39. The summed E-state index contributed by atoms with van der Waals surface area (Å²) in [7, 11) is 1.51. The first-order chi connectivity index (χ1) is 14.5. The predicted molar refractivity (Wildman–Crippen MR) is 116 cm³/mol. The van der Waals surface area contributed by atoms with Gasteiger partial charge in [0, 0.05) is 12.0 Å². The maximum Gasteiger partial charge on any atom is 0.306 e. The van der Waals surface area contributed by atoms with Crippen molar-refractivity contribution in [1.82, 2.24) is 0 Å². The van der Waals surface area contributed by atoms with Gasteiger partial charge in [0.25, 0.3) is 0 Å². The zero-order valence-corrected chi connectivity index (χ0v) is 17.6. The number of rotatable bonds is 8. The molecular weight excluding hydrogens is 380 g/mol. The minimum atomic E-state index is -0.576. The Kier molecular flexibility index (Phi) is 5.46. The number of aromatic hydroxyl groups is 1. The van der Waals surface area contributed by atoms with Gasteiger partial charge in [-0.25, -0.2) is 0 Å². The van der Waals surface area contributed by atoms with Gasteiger partial charge in [0.15, 0.2) is 11.5 Å². The van der Waals surface area contributed by atoms with Gasteiger partial charge in [-0.15, -0.1) is 0 Å². The summed E-state index contributed by atoms with van der Waals surface area (Å²) >= 11 is 0. The molecule has 0 amide bonds. The van der Waals surface area contributed by atoms with Crippen LogP contribution in [0.15, 0.2) is 36.9 Å². The summed E-state index contributed by atoms with van der Waals surface area (Å²) in [6.45, 7) is 6.36. The van der Waals surface area contributed by atoms with Crippen molar-refractivity contribution in [2.75, 3.05) is 13.7 Å². The first kappa shape index (κ1) is 20.3. The van der Waals surface area contributed by atoms with E-state index in [1.165, 1.54) is 18.2 Å². The summed E-state index contributed by atoms with van der Waals surface area (Å²) in [4.78, 5) is 12.0. The van der Waals surface area contributed by atoms with E-state index in [1.807, 2.05) is 19.1 Å². The van der Waals surface area contributed by atoms with Gasteiger partial charge in [-0.1, -0.05) is 31.7 Å². The lowest BCUT2D eigenvalue weighted by Gasteiger charge is -2.21. The lowest BCUT2D eigenvalue weighted by Crippen LogP contribution is -2.27. The van der Waals surface area contributed by atoms with E-state index >= 15 is 0 Å². The van der Waals surface area contributed by atoms with Crippen molar-refractivity contribution >= 4 is 11.5 Å². The van der Waals surface area contributed by atoms with Crippen molar-refractivity contribution in [2.24, 2.45) is 0 Å². The molecule has 5 heteroatoms. The molecule has 2 aromatic carbocycles. The number of phenolic OH excluding ortho intramolecular Hbond substituents is 1. The smallest absolute Gasteiger partial charge is 0.306 e. The summed E-state index contributed by atoms with van der Waals surface area (Å²) in [6, 6.07) is 9.65. The Bertz CT molecular complexity index is 987. The molecular formula is C25H28O5. The number of fused-ring (bicyclic) bond motifs is 1. The van der Waals surface area contributed by atoms with Crippen LogP contribution in [-0.2, 0) is 16.0 Å². The van der Waals surface area contributed by atoms with Gasteiger partial charge in [0.1, 0.15) is 12.2 Å². The van der Waals surface area contributed by atoms with E-state index in [4.69, 9.17) is 14.2 Å². The number of hydrogen-bond acceptors (Lipinski definition) is 5. The zero-order valence-electron chi connectivity index (χ0n) is 17.6. The topological polar surface area (TPSA) is 65.0 Å². The molecule has 1 saturated carbocycles. The molecule has 1 fully saturated rings. The largest absolute Gasteiger partial charge is 0.504 e. The molecule has 0 bridgehead atoms. The molecule has 2 aliphatic carbocycles. The highest BCUT2D eigenvalue weighted by atomic mass is 16.6. The van der Waals surface area contributed by atoms with Gasteiger partial charge in [0.2, 0.25) is 5.75 Å². The van der Waals surface area contributed by atoms with Crippen LogP contribution in [0.5, 0.6) is 17.2 Å². The van der Waals surface area contributed by atoms with Crippen LogP contribution in [-0.4, -0.2) is 30.4 Å². The third-order valence-electron chi connectivity index (χ3n) is 5.89. The molecule has 4 rings (SSSR count). The van der Waals surface area contributed by atoms with Crippen LogP contribution < -0.4 is 9.47 Å². The van der Waals surface area contributed by atoms with E-state index in [9.17, 15) is 9.90 Å². The summed E-state index contributed by atoms with van der Waals surface area (Å²) in [5.74, 6) is 0.584. The molecule has 30 heavy (non-hydrogen) atoms. The monoisotopic (exact) mass is 408 g/mol. The first-order valence-electron chi connectivity index (χ1n) is 10.5. The van der Waals surface area contributed by atoms with Gasteiger partial charge in [-0.3, -0.25) is 4.79 Å². The number of methoxy groups -OCH3 is 1. The highest BCUT2D eigenvalue weighted by molar-refractivity contribution is 5.84. The quantitative estimate of drug-likeness (QED) is 0.602. The third kappa shape index (κ3) is 3.76. The van der Waals surface area contributed by atoms with Crippen LogP contribution in [0.2, 0.25) is 0 Å². The van der Waals surface area contributed by atoms with Crippen molar-refractivity contribution in [3.63, 3.8) is 0 Å². The molecule has 0 unspecified atom stereocenters. The summed E-state index contributed by atoms with van der Waals surface area (Å²) < 4.78 is 17.4. The van der Waals surface area contributed by atoms with E-state index in [0.717, 1.165) is 48.8 Å². The number of hydrogen-bond donors (Lipinski definition) is 1. The molecule has 0 radical (unpaired) electrons. The number of phenols is 1. The maximum atomic E-state index is 12.0. The minimum absolute atomic E-state index is 0.0149. The fraction of sp³-hybridized carbons (Fsp3) is 0.400. The van der Waals surface area contributed by atoms with Gasteiger partial charge >= 0.3 is 5.97 Å². The van der Waals surface area contributed by atoms with Crippen LogP contribution in [0.25, 0.3) is 16.7 Å². The van der Waals surface area contributed by atoms with E-state index < -0.39 is 5.60 Å². The Balaban J connectivity index is 1.68. The molecule has 0 spiro atoms. The molecule has 2 aromatic rings. The molecule has 5 nitrogen and oxygen atoms in total. The number of carbonyl (C=O) groups excluding carboxylic acids is 1. The fourth-order valence-corrected chi connectivity index (χ4v) is 4.07. The normalized spacial score (nSPS) is 16.1. The Hall–Kier alpha value is -2.95. The molecule has 158 valence electrons. The van der Waals surface area contributed by atoms with E-state index in [2.05, 4.69) is 18.7 Å². The molecule has 0 saturated heterocycles. The Morgan fingerprint density at radius 3 is 2.57 bits per heavy atom.